The number of pyridine rings is 1. The predicted molar refractivity (Wildman–Crippen MR) is 86.9 cm³/mol. The molecule has 0 saturated carbocycles. The highest BCUT2D eigenvalue weighted by Gasteiger charge is 2.20. The normalized spacial score (nSPS) is 11.3. The Hall–Kier alpha value is -2.08. The van der Waals surface area contributed by atoms with Crippen LogP contribution in [0.2, 0.25) is 0 Å². The van der Waals surface area contributed by atoms with Gasteiger partial charge < -0.3 is 4.74 Å². The second kappa shape index (κ2) is 6.36. The summed E-state index contributed by atoms with van der Waals surface area (Å²) >= 11 is 0. The molecule has 0 saturated heterocycles. The maximum Gasteiger partial charge on any atom is 0.263 e. The van der Waals surface area contributed by atoms with Crippen molar-refractivity contribution in [1.29, 1.82) is 0 Å². The van der Waals surface area contributed by atoms with Gasteiger partial charge >= 0.3 is 0 Å². The minimum Gasteiger partial charge on any atom is -0.494 e. The second-order valence-electron chi connectivity index (χ2n) is 5.07. The fourth-order valence-electron chi connectivity index (χ4n) is 2.16. The first kappa shape index (κ1) is 16.3. The van der Waals surface area contributed by atoms with Gasteiger partial charge in [0.25, 0.3) is 10.0 Å². The van der Waals surface area contributed by atoms with Gasteiger partial charge in [-0.15, -0.1) is 0 Å². The van der Waals surface area contributed by atoms with Crippen molar-refractivity contribution in [3.8, 4) is 5.75 Å². The lowest BCUT2D eigenvalue weighted by molar-refractivity contribution is 0.337. The smallest absolute Gasteiger partial charge is 0.263 e. The molecule has 0 aliphatic heterocycles. The topological polar surface area (TPSA) is 68.3 Å². The summed E-state index contributed by atoms with van der Waals surface area (Å²) in [6, 6.07) is 6.74. The van der Waals surface area contributed by atoms with Crippen LogP contribution in [0.5, 0.6) is 5.75 Å². The van der Waals surface area contributed by atoms with Crippen molar-refractivity contribution in [2.45, 2.75) is 32.6 Å². The van der Waals surface area contributed by atoms with Crippen molar-refractivity contribution in [1.82, 2.24) is 4.98 Å². The Balaban J connectivity index is 2.40. The lowest BCUT2D eigenvalue weighted by atomic mass is 10.1. The summed E-state index contributed by atoms with van der Waals surface area (Å²) in [5, 5.41) is 0. The molecule has 1 aromatic heterocycles. The molecule has 1 N–H and O–H groups in total. The summed E-state index contributed by atoms with van der Waals surface area (Å²) < 4.78 is 33.1. The SMILES string of the molecule is CCOc1ccc(S(=O)(=O)Nc2cc(C)ccn2)c(C)c1C. The first-order valence-corrected chi connectivity index (χ1v) is 8.52. The van der Waals surface area contributed by atoms with Gasteiger partial charge in [-0.2, -0.15) is 0 Å². The molecule has 22 heavy (non-hydrogen) atoms. The van der Waals surface area contributed by atoms with Crippen LogP contribution in [-0.4, -0.2) is 20.0 Å². The fourth-order valence-corrected chi connectivity index (χ4v) is 3.46. The van der Waals surface area contributed by atoms with E-state index >= 15 is 0 Å². The number of aryl methyl sites for hydroxylation is 1. The molecule has 0 amide bonds. The Bertz CT molecular complexity index is 786. The van der Waals surface area contributed by atoms with Crippen LogP contribution in [0.15, 0.2) is 35.4 Å². The highest BCUT2D eigenvalue weighted by molar-refractivity contribution is 7.92. The third-order valence-electron chi connectivity index (χ3n) is 3.43. The first-order chi connectivity index (χ1) is 10.3. The van der Waals surface area contributed by atoms with Crippen LogP contribution >= 0.6 is 0 Å². The number of rotatable bonds is 5. The average molecular weight is 320 g/mol. The lowest BCUT2D eigenvalue weighted by Crippen LogP contribution is -2.16. The van der Waals surface area contributed by atoms with Crippen LogP contribution in [0.3, 0.4) is 0 Å². The Morgan fingerprint density at radius 2 is 1.86 bits per heavy atom. The monoisotopic (exact) mass is 320 g/mol. The molecular weight excluding hydrogens is 300 g/mol. The number of hydrogen-bond acceptors (Lipinski definition) is 4. The molecule has 1 aromatic carbocycles. The van der Waals surface area contributed by atoms with E-state index in [1.54, 1.807) is 31.3 Å². The maximum atomic E-state index is 12.6. The molecule has 0 aliphatic rings. The summed E-state index contributed by atoms with van der Waals surface area (Å²) in [4.78, 5) is 4.27. The molecule has 0 fully saturated rings. The first-order valence-electron chi connectivity index (χ1n) is 7.03. The number of nitrogens with one attached hydrogen (secondary N) is 1. The number of sulfonamides is 1. The highest BCUT2D eigenvalue weighted by Crippen LogP contribution is 2.28. The summed E-state index contributed by atoms with van der Waals surface area (Å²) in [5.74, 6) is 1.01. The van der Waals surface area contributed by atoms with E-state index in [9.17, 15) is 8.42 Å². The van der Waals surface area contributed by atoms with Crippen LogP contribution in [0, 0.1) is 20.8 Å². The largest absolute Gasteiger partial charge is 0.494 e. The predicted octanol–water partition coefficient (Wildman–Crippen LogP) is 3.21. The molecule has 2 aromatic rings. The van der Waals surface area contributed by atoms with E-state index in [0.717, 1.165) is 11.1 Å². The third-order valence-corrected chi connectivity index (χ3v) is 4.93. The standard InChI is InChI=1S/C16H20N2O3S/c1-5-21-14-6-7-15(13(4)12(14)3)22(19,20)18-16-10-11(2)8-9-17-16/h6-10H,5H2,1-4H3,(H,17,18). The molecule has 0 bridgehead atoms. The van der Waals surface area contributed by atoms with Gasteiger partial charge in [0.2, 0.25) is 0 Å². The molecule has 0 aliphatic carbocycles. The van der Waals surface area contributed by atoms with Gasteiger partial charge in [-0.25, -0.2) is 13.4 Å². The van der Waals surface area contributed by atoms with Gasteiger partial charge in [-0.05, 0) is 68.7 Å². The van der Waals surface area contributed by atoms with Crippen LogP contribution in [0.4, 0.5) is 5.82 Å². The number of hydrogen-bond donors (Lipinski definition) is 1. The lowest BCUT2D eigenvalue weighted by Gasteiger charge is -2.14. The summed E-state index contributed by atoms with van der Waals surface area (Å²) in [6.07, 6.45) is 1.57. The number of ether oxygens (including phenoxy) is 1. The summed E-state index contributed by atoms with van der Waals surface area (Å²) in [6.45, 7) is 7.94. The van der Waals surface area contributed by atoms with E-state index in [1.165, 1.54) is 0 Å². The van der Waals surface area contributed by atoms with Gasteiger partial charge in [-0.3, -0.25) is 4.72 Å². The van der Waals surface area contributed by atoms with Crippen LogP contribution in [0.1, 0.15) is 23.6 Å². The maximum absolute atomic E-state index is 12.6. The fraction of sp³-hybridized carbons (Fsp3) is 0.312. The molecule has 0 spiro atoms. The molecule has 0 atom stereocenters. The minimum absolute atomic E-state index is 0.233. The van der Waals surface area contributed by atoms with E-state index < -0.39 is 10.0 Å². The molecule has 118 valence electrons. The van der Waals surface area contributed by atoms with Gasteiger partial charge in [0.15, 0.2) is 0 Å². The molecule has 0 radical (unpaired) electrons. The molecule has 0 unspecified atom stereocenters. The number of nitrogens with zero attached hydrogens (tertiary/aromatic N) is 1. The summed E-state index contributed by atoms with van der Waals surface area (Å²) in [5.41, 5.74) is 2.43. The molecule has 5 nitrogen and oxygen atoms in total. The van der Waals surface area contributed by atoms with Gasteiger partial charge in [0.1, 0.15) is 11.6 Å². The highest BCUT2D eigenvalue weighted by atomic mass is 32.2. The van der Waals surface area contributed by atoms with Crippen molar-refractivity contribution in [3.63, 3.8) is 0 Å². The zero-order valence-corrected chi connectivity index (χ0v) is 14.0. The number of anilines is 1. The Labute approximate surface area is 131 Å². The zero-order valence-electron chi connectivity index (χ0n) is 13.2. The van der Waals surface area contributed by atoms with E-state index in [2.05, 4.69) is 9.71 Å². The molecule has 2 rings (SSSR count). The van der Waals surface area contributed by atoms with E-state index in [-0.39, 0.29) is 4.90 Å². The van der Waals surface area contributed by atoms with Crippen LogP contribution in [0.25, 0.3) is 0 Å². The number of aromatic nitrogens is 1. The van der Waals surface area contributed by atoms with Crippen molar-refractivity contribution in [3.05, 3.63) is 47.2 Å². The third kappa shape index (κ3) is 3.39. The van der Waals surface area contributed by atoms with Crippen molar-refractivity contribution < 1.29 is 13.2 Å². The summed E-state index contributed by atoms with van der Waals surface area (Å²) in [7, 11) is -3.68. The molecule has 6 heteroatoms. The van der Waals surface area contributed by atoms with Crippen LogP contribution < -0.4 is 9.46 Å². The van der Waals surface area contributed by atoms with Crippen LogP contribution in [-0.2, 0) is 10.0 Å². The minimum atomic E-state index is -3.68. The van der Waals surface area contributed by atoms with E-state index in [4.69, 9.17) is 4.74 Å². The number of benzene rings is 1. The molecule has 1 heterocycles. The van der Waals surface area contributed by atoms with Crippen molar-refractivity contribution >= 4 is 15.8 Å². The van der Waals surface area contributed by atoms with Gasteiger partial charge in [0, 0.05) is 6.20 Å². The Kier molecular flexibility index (Phi) is 4.71. The zero-order chi connectivity index (χ0) is 16.3. The van der Waals surface area contributed by atoms with Crippen molar-refractivity contribution in [2.75, 3.05) is 11.3 Å². The van der Waals surface area contributed by atoms with E-state index in [1.807, 2.05) is 26.8 Å². The average Bonchev–Trinajstić information content (AvgIpc) is 2.43. The van der Waals surface area contributed by atoms with E-state index in [0.29, 0.717) is 23.7 Å². The van der Waals surface area contributed by atoms with Gasteiger partial charge in [0.05, 0.1) is 11.5 Å². The Morgan fingerprint density at radius 3 is 2.50 bits per heavy atom. The van der Waals surface area contributed by atoms with Crippen molar-refractivity contribution in [2.24, 2.45) is 0 Å². The van der Waals surface area contributed by atoms with Gasteiger partial charge in [-0.1, -0.05) is 0 Å². The second-order valence-corrected chi connectivity index (χ2v) is 6.72. The molecular formula is C16H20N2O3S. The quantitative estimate of drug-likeness (QED) is 0.918. The Morgan fingerprint density at radius 1 is 1.14 bits per heavy atom.